The molecule has 3 rings (SSSR count). The third kappa shape index (κ3) is 5.98. The number of hydrogen-bond acceptors (Lipinski definition) is 4. The average Bonchev–Trinajstić information content (AvgIpc) is 2.81. The molecule has 11 heteroatoms. The highest BCUT2D eigenvalue weighted by Crippen LogP contribution is 2.49. The van der Waals surface area contributed by atoms with Gasteiger partial charge in [0.1, 0.15) is 5.15 Å². The summed E-state index contributed by atoms with van der Waals surface area (Å²) in [4.78, 5) is 27.0. The van der Waals surface area contributed by atoms with Gasteiger partial charge in [-0.2, -0.15) is 13.2 Å². The zero-order valence-corrected chi connectivity index (χ0v) is 20.3. The van der Waals surface area contributed by atoms with Crippen molar-refractivity contribution < 1.29 is 33.0 Å². The molecule has 1 aromatic heterocycles. The van der Waals surface area contributed by atoms with Crippen LogP contribution in [0.1, 0.15) is 45.5 Å². The fourth-order valence-corrected chi connectivity index (χ4v) is 4.30. The van der Waals surface area contributed by atoms with Crippen LogP contribution in [0.2, 0.25) is 10.2 Å². The van der Waals surface area contributed by atoms with Crippen molar-refractivity contribution in [3.05, 3.63) is 98.8 Å². The molecule has 1 heterocycles. The molecular weight excluding hydrogens is 520 g/mol. The van der Waals surface area contributed by atoms with Gasteiger partial charge < -0.3 is 15.5 Å². The number of nitrogens with one attached hydrogen (secondary N) is 1. The minimum absolute atomic E-state index is 0.0185. The van der Waals surface area contributed by atoms with E-state index in [-0.39, 0.29) is 34.3 Å². The summed E-state index contributed by atoms with van der Waals surface area (Å²) in [6.45, 7) is 1.31. The number of hydrogen-bond donors (Lipinski definition) is 3. The number of carbonyl (C=O) groups is 2. The normalized spacial score (nSPS) is 14.1. The van der Waals surface area contributed by atoms with Crippen molar-refractivity contribution in [3.8, 4) is 0 Å². The van der Waals surface area contributed by atoms with Gasteiger partial charge in [0.25, 0.3) is 5.91 Å². The first kappa shape index (κ1) is 27.4. The van der Waals surface area contributed by atoms with Gasteiger partial charge in [-0.05, 0) is 46.5 Å². The lowest BCUT2D eigenvalue weighted by atomic mass is 9.78. The van der Waals surface area contributed by atoms with Crippen LogP contribution in [-0.2, 0) is 23.4 Å². The second kappa shape index (κ2) is 10.9. The number of pyridine rings is 1. The van der Waals surface area contributed by atoms with Crippen LogP contribution >= 0.6 is 23.2 Å². The van der Waals surface area contributed by atoms with E-state index < -0.39 is 35.1 Å². The number of carbonyl (C=O) groups excluding carboxylic acids is 1. The van der Waals surface area contributed by atoms with Crippen LogP contribution in [0.5, 0.6) is 0 Å². The van der Waals surface area contributed by atoms with E-state index in [1.807, 2.05) is 0 Å². The fourth-order valence-electron chi connectivity index (χ4n) is 3.78. The zero-order valence-electron chi connectivity index (χ0n) is 18.8. The molecule has 0 aliphatic rings. The van der Waals surface area contributed by atoms with E-state index in [2.05, 4.69) is 10.3 Å². The van der Waals surface area contributed by atoms with Crippen molar-refractivity contribution in [2.75, 3.05) is 0 Å². The first-order chi connectivity index (χ1) is 16.8. The smallest absolute Gasteiger partial charge is 0.422 e. The van der Waals surface area contributed by atoms with Gasteiger partial charge >= 0.3 is 12.1 Å². The Bertz CT molecular complexity index is 1270. The topological polar surface area (TPSA) is 99.5 Å². The number of aliphatic carboxylic acids is 1. The van der Waals surface area contributed by atoms with E-state index in [1.54, 1.807) is 24.3 Å². The molecular formula is C25H21Cl2F3N2O4. The third-order valence-corrected chi connectivity index (χ3v) is 6.32. The molecule has 190 valence electrons. The van der Waals surface area contributed by atoms with Crippen molar-refractivity contribution >= 4 is 35.1 Å². The van der Waals surface area contributed by atoms with Gasteiger partial charge in [0, 0.05) is 29.2 Å². The number of aromatic nitrogens is 1. The maximum absolute atomic E-state index is 14.1. The lowest BCUT2D eigenvalue weighted by molar-refractivity contribution is -0.274. The maximum atomic E-state index is 14.1. The van der Waals surface area contributed by atoms with Crippen molar-refractivity contribution in [1.82, 2.24) is 10.3 Å². The number of alkyl halides is 3. The molecule has 3 aromatic rings. The second-order valence-electron chi connectivity index (χ2n) is 8.16. The van der Waals surface area contributed by atoms with E-state index in [9.17, 15) is 27.9 Å². The molecule has 0 radical (unpaired) electrons. The first-order valence-electron chi connectivity index (χ1n) is 10.6. The third-order valence-electron chi connectivity index (χ3n) is 5.79. The van der Waals surface area contributed by atoms with Crippen molar-refractivity contribution in [2.45, 2.75) is 37.6 Å². The summed E-state index contributed by atoms with van der Waals surface area (Å²) in [6, 6.07) is 12.4. The molecule has 2 aromatic carbocycles. The quantitative estimate of drug-likeness (QED) is 0.327. The Balaban J connectivity index is 1.79. The Labute approximate surface area is 214 Å². The first-order valence-corrected chi connectivity index (χ1v) is 11.4. The largest absolute Gasteiger partial charge is 0.481 e. The molecule has 1 amide bonds. The SMILES string of the molecule is CC(c1ccc(C(=O)NCc2ccc(CC(=O)O)cc2)cc1Cl)C(O)(c1ccnc(Cl)c1)C(F)(F)F. The summed E-state index contributed by atoms with van der Waals surface area (Å²) >= 11 is 12.0. The van der Waals surface area contributed by atoms with E-state index in [1.165, 1.54) is 25.1 Å². The zero-order chi connectivity index (χ0) is 26.7. The molecule has 0 spiro atoms. The van der Waals surface area contributed by atoms with Gasteiger partial charge in [0.05, 0.1) is 6.42 Å². The van der Waals surface area contributed by atoms with Crippen LogP contribution in [0, 0.1) is 0 Å². The highest BCUT2D eigenvalue weighted by Gasteiger charge is 2.59. The van der Waals surface area contributed by atoms with Crippen molar-refractivity contribution in [1.29, 1.82) is 0 Å². The lowest BCUT2D eigenvalue weighted by Crippen LogP contribution is -2.46. The minimum Gasteiger partial charge on any atom is -0.481 e. The molecule has 2 unspecified atom stereocenters. The van der Waals surface area contributed by atoms with Gasteiger partial charge in [0.2, 0.25) is 0 Å². The second-order valence-corrected chi connectivity index (χ2v) is 8.95. The number of carboxylic acid groups (broad SMARTS) is 1. The fraction of sp³-hybridized carbons (Fsp3) is 0.240. The van der Waals surface area contributed by atoms with Crippen LogP contribution in [0.15, 0.2) is 60.8 Å². The van der Waals surface area contributed by atoms with Crippen LogP contribution in [0.25, 0.3) is 0 Å². The molecule has 0 aliphatic carbocycles. The van der Waals surface area contributed by atoms with Gasteiger partial charge in [-0.3, -0.25) is 9.59 Å². The molecule has 0 saturated carbocycles. The number of amides is 1. The standard InChI is InChI=1S/C25H21Cl2F3N2O4/c1-14(24(36,25(28,29)30)18-8-9-31-21(27)12-18)19-7-6-17(11-20(19)26)23(35)32-13-16-4-2-15(3-5-16)10-22(33)34/h2-9,11-12,14,36H,10,13H2,1H3,(H,32,35)(H,33,34). The number of halogens is 5. The summed E-state index contributed by atoms with van der Waals surface area (Å²) < 4.78 is 42.3. The van der Waals surface area contributed by atoms with Crippen LogP contribution in [-0.4, -0.2) is 33.2 Å². The van der Waals surface area contributed by atoms with Crippen molar-refractivity contribution in [2.24, 2.45) is 0 Å². The highest BCUT2D eigenvalue weighted by atomic mass is 35.5. The van der Waals surface area contributed by atoms with Gasteiger partial charge in [-0.25, -0.2) is 4.98 Å². The van der Waals surface area contributed by atoms with E-state index in [0.29, 0.717) is 5.56 Å². The number of nitrogens with zero attached hydrogens (tertiary/aromatic N) is 1. The van der Waals surface area contributed by atoms with Gasteiger partial charge in [-0.1, -0.05) is 60.5 Å². The number of benzene rings is 2. The Hall–Kier alpha value is -3.14. The molecule has 0 saturated heterocycles. The molecule has 0 bridgehead atoms. The Morgan fingerprint density at radius 1 is 1.03 bits per heavy atom. The molecule has 0 fully saturated rings. The monoisotopic (exact) mass is 540 g/mol. The summed E-state index contributed by atoms with van der Waals surface area (Å²) in [5.74, 6) is -3.02. The Morgan fingerprint density at radius 2 is 1.67 bits per heavy atom. The number of aliphatic hydroxyl groups is 1. The molecule has 3 N–H and O–H groups in total. The summed E-state index contributed by atoms with van der Waals surface area (Å²) in [5, 5.41) is 22.0. The molecule has 0 aliphatic heterocycles. The van der Waals surface area contributed by atoms with Gasteiger partial charge in [0.15, 0.2) is 5.60 Å². The number of carboxylic acids is 1. The van der Waals surface area contributed by atoms with E-state index >= 15 is 0 Å². The predicted molar refractivity (Wildman–Crippen MR) is 128 cm³/mol. The summed E-state index contributed by atoms with van der Waals surface area (Å²) in [7, 11) is 0. The average molecular weight is 541 g/mol. The summed E-state index contributed by atoms with van der Waals surface area (Å²) in [6.07, 6.45) is -4.13. The lowest BCUT2D eigenvalue weighted by Gasteiger charge is -2.37. The molecule has 6 nitrogen and oxygen atoms in total. The number of rotatable bonds is 8. The summed E-state index contributed by atoms with van der Waals surface area (Å²) in [5.41, 5.74) is -2.38. The predicted octanol–water partition coefficient (Wildman–Crippen LogP) is 5.50. The van der Waals surface area contributed by atoms with Crippen molar-refractivity contribution in [3.63, 3.8) is 0 Å². The van der Waals surface area contributed by atoms with Crippen LogP contribution < -0.4 is 5.32 Å². The van der Waals surface area contributed by atoms with Gasteiger partial charge in [-0.15, -0.1) is 0 Å². The minimum atomic E-state index is -5.07. The Kier molecular flexibility index (Phi) is 8.28. The van der Waals surface area contributed by atoms with Crippen LogP contribution in [0.3, 0.4) is 0 Å². The molecule has 2 atom stereocenters. The van der Waals surface area contributed by atoms with E-state index in [0.717, 1.165) is 23.9 Å². The van der Waals surface area contributed by atoms with Crippen LogP contribution in [0.4, 0.5) is 13.2 Å². The maximum Gasteiger partial charge on any atom is 0.422 e. The highest BCUT2D eigenvalue weighted by molar-refractivity contribution is 6.31. The Morgan fingerprint density at radius 3 is 2.22 bits per heavy atom. The van der Waals surface area contributed by atoms with E-state index in [4.69, 9.17) is 28.3 Å². The molecule has 36 heavy (non-hydrogen) atoms.